The number of thiophene rings is 1. The molecule has 1 aliphatic heterocycles. The van der Waals surface area contributed by atoms with Crippen LogP contribution in [0.2, 0.25) is 5.15 Å². The number of nitrogens with zero attached hydrogens (tertiary/aromatic N) is 3. The molecule has 3 rings (SSSR count). The van der Waals surface area contributed by atoms with Crippen molar-refractivity contribution < 1.29 is 14.3 Å². The van der Waals surface area contributed by atoms with Crippen molar-refractivity contribution in [3.05, 3.63) is 22.4 Å². The number of fused-ring (bicyclic) bond motifs is 1. The van der Waals surface area contributed by atoms with Crippen LogP contribution in [0.1, 0.15) is 31.6 Å². The average Bonchev–Trinajstić information content (AvgIpc) is 3.05. The molecule has 9 heteroatoms. The molecule has 134 valence electrons. The van der Waals surface area contributed by atoms with Gasteiger partial charge in [0.1, 0.15) is 21.9 Å². The van der Waals surface area contributed by atoms with Gasteiger partial charge in [-0.15, -0.1) is 11.3 Å². The summed E-state index contributed by atoms with van der Waals surface area (Å²) in [5, 5.41) is 1.23. The number of ether oxygens (including phenoxy) is 1. The van der Waals surface area contributed by atoms with E-state index < -0.39 is 11.7 Å². The number of likely N-dealkylation sites (tertiary alicyclic amines) is 1. The van der Waals surface area contributed by atoms with Gasteiger partial charge in [0, 0.05) is 22.7 Å². The topological polar surface area (TPSA) is 98.4 Å². The largest absolute Gasteiger partial charge is 0.444 e. The van der Waals surface area contributed by atoms with E-state index in [4.69, 9.17) is 22.1 Å². The Bertz CT molecular complexity index is 823. The van der Waals surface area contributed by atoms with Crippen LogP contribution in [0.4, 0.5) is 4.79 Å². The molecule has 0 unspecified atom stereocenters. The van der Waals surface area contributed by atoms with E-state index in [2.05, 4.69) is 9.97 Å². The summed E-state index contributed by atoms with van der Waals surface area (Å²) in [6, 6.07) is 1.93. The van der Waals surface area contributed by atoms with Crippen molar-refractivity contribution in [2.45, 2.75) is 38.8 Å². The maximum absolute atomic E-state index is 12.7. The Morgan fingerprint density at radius 1 is 1.52 bits per heavy atom. The molecule has 2 amide bonds. The zero-order valence-electron chi connectivity index (χ0n) is 14.0. The van der Waals surface area contributed by atoms with E-state index in [1.807, 2.05) is 11.0 Å². The summed E-state index contributed by atoms with van der Waals surface area (Å²) in [6.45, 7) is 4.72. The number of halogens is 1. The Morgan fingerprint density at radius 3 is 2.96 bits per heavy atom. The van der Waals surface area contributed by atoms with E-state index in [-0.39, 0.29) is 11.8 Å². The molecule has 1 aliphatic rings. The summed E-state index contributed by atoms with van der Waals surface area (Å²) in [5.74, 6) is -0.108. The minimum absolute atomic E-state index is 0.0655. The van der Waals surface area contributed by atoms with Crippen LogP contribution in [0.3, 0.4) is 0 Å². The number of amides is 2. The third-order valence-corrected chi connectivity index (χ3v) is 5.53. The third-order valence-electron chi connectivity index (χ3n) is 4.20. The second-order valence-electron chi connectivity index (χ2n) is 6.73. The molecule has 1 saturated heterocycles. The highest BCUT2D eigenvalue weighted by atomic mass is 35.5. The maximum Gasteiger partial charge on any atom is 0.405 e. The van der Waals surface area contributed by atoms with E-state index in [0.717, 1.165) is 21.5 Å². The average molecular weight is 383 g/mol. The molecule has 3 heterocycles. The quantitative estimate of drug-likeness (QED) is 0.801. The fourth-order valence-electron chi connectivity index (χ4n) is 3.20. The number of rotatable bonds is 5. The minimum atomic E-state index is -0.824. The Kier molecular flexibility index (Phi) is 4.83. The number of nitrogens with two attached hydrogens (primary N) is 1. The molecular formula is C16H19ClN4O3S. The Hall–Kier alpha value is -1.93. The first-order chi connectivity index (χ1) is 11.7. The van der Waals surface area contributed by atoms with Crippen molar-refractivity contribution in [3.63, 3.8) is 0 Å². The zero-order chi connectivity index (χ0) is 18.2. The molecule has 0 radical (unpaired) electrons. The van der Waals surface area contributed by atoms with E-state index in [1.165, 1.54) is 17.7 Å². The standard InChI is InChI=1S/C16H19ClN4O3S/c1-16(2,24-15(18)23)6-9-3-4-21(14(9)22)7-10-5-11-12(17)19-8-20-13(11)25-10/h5,8-9H,3-4,6-7H2,1-2H3,(H2,18,23)/t9-/m0/s1. The number of primary amides is 1. The van der Waals surface area contributed by atoms with Gasteiger partial charge in [0.05, 0.1) is 6.54 Å². The zero-order valence-corrected chi connectivity index (χ0v) is 15.6. The minimum Gasteiger partial charge on any atom is -0.444 e. The van der Waals surface area contributed by atoms with Gasteiger partial charge in [-0.2, -0.15) is 0 Å². The molecule has 2 aromatic heterocycles. The summed E-state index contributed by atoms with van der Waals surface area (Å²) in [7, 11) is 0. The van der Waals surface area contributed by atoms with Crippen LogP contribution in [0.25, 0.3) is 10.2 Å². The number of hydrogen-bond acceptors (Lipinski definition) is 6. The molecule has 7 nitrogen and oxygen atoms in total. The van der Waals surface area contributed by atoms with Gasteiger partial charge >= 0.3 is 6.09 Å². The molecular weight excluding hydrogens is 364 g/mol. The van der Waals surface area contributed by atoms with E-state index in [0.29, 0.717) is 24.7 Å². The van der Waals surface area contributed by atoms with Crippen LogP contribution in [0, 0.1) is 5.92 Å². The second-order valence-corrected chi connectivity index (χ2v) is 8.20. The summed E-state index contributed by atoms with van der Waals surface area (Å²) in [4.78, 5) is 35.5. The van der Waals surface area contributed by atoms with Gasteiger partial charge in [-0.3, -0.25) is 4.79 Å². The highest BCUT2D eigenvalue weighted by Crippen LogP contribution is 2.32. The molecule has 2 aromatic rings. The first-order valence-corrected chi connectivity index (χ1v) is 9.11. The first-order valence-electron chi connectivity index (χ1n) is 7.91. The fraction of sp³-hybridized carbons (Fsp3) is 0.500. The van der Waals surface area contributed by atoms with E-state index >= 15 is 0 Å². The van der Waals surface area contributed by atoms with Crippen molar-refractivity contribution in [2.24, 2.45) is 11.7 Å². The first kappa shape index (κ1) is 17.9. The second kappa shape index (κ2) is 6.76. The number of carbonyl (C=O) groups excluding carboxylic acids is 2. The van der Waals surface area contributed by atoms with Crippen molar-refractivity contribution >= 4 is 45.2 Å². The van der Waals surface area contributed by atoms with Gasteiger partial charge in [0.2, 0.25) is 5.91 Å². The highest BCUT2D eigenvalue weighted by molar-refractivity contribution is 7.18. The lowest BCUT2D eigenvalue weighted by Gasteiger charge is -2.26. The summed E-state index contributed by atoms with van der Waals surface area (Å²) in [6.07, 6.45) is 1.80. The van der Waals surface area contributed by atoms with Crippen LogP contribution >= 0.6 is 22.9 Å². The predicted molar refractivity (Wildman–Crippen MR) is 95.3 cm³/mol. The SMILES string of the molecule is CC(C)(C[C@@H]1CCN(Cc2cc3c(Cl)ncnc3s2)C1=O)OC(N)=O. The lowest BCUT2D eigenvalue weighted by Crippen LogP contribution is -2.35. The molecule has 1 fully saturated rings. The Morgan fingerprint density at radius 2 is 2.28 bits per heavy atom. The maximum atomic E-state index is 12.7. The molecule has 1 atom stereocenters. The summed E-state index contributed by atoms with van der Waals surface area (Å²) >= 11 is 7.58. The number of hydrogen-bond donors (Lipinski definition) is 1. The van der Waals surface area contributed by atoms with Crippen molar-refractivity contribution in [2.75, 3.05) is 6.54 Å². The van der Waals surface area contributed by atoms with Crippen molar-refractivity contribution in [1.82, 2.24) is 14.9 Å². The van der Waals surface area contributed by atoms with Crippen LogP contribution in [-0.4, -0.2) is 39.0 Å². The summed E-state index contributed by atoms with van der Waals surface area (Å²) in [5.41, 5.74) is 4.33. The van der Waals surface area contributed by atoms with E-state index in [9.17, 15) is 9.59 Å². The molecule has 0 bridgehead atoms. The van der Waals surface area contributed by atoms with Gasteiger partial charge in [0.25, 0.3) is 0 Å². The van der Waals surface area contributed by atoms with Crippen molar-refractivity contribution in [3.8, 4) is 0 Å². The van der Waals surface area contributed by atoms with Crippen molar-refractivity contribution in [1.29, 1.82) is 0 Å². The van der Waals surface area contributed by atoms with Gasteiger partial charge in [0.15, 0.2) is 0 Å². The molecule has 0 spiro atoms. The fourth-order valence-corrected chi connectivity index (χ4v) is 4.45. The van der Waals surface area contributed by atoms with Gasteiger partial charge in [-0.25, -0.2) is 14.8 Å². The van der Waals surface area contributed by atoms with Crippen LogP contribution in [0.5, 0.6) is 0 Å². The van der Waals surface area contributed by atoms with Gasteiger partial charge < -0.3 is 15.4 Å². The summed E-state index contributed by atoms with van der Waals surface area (Å²) < 4.78 is 5.09. The van der Waals surface area contributed by atoms with Gasteiger partial charge in [-0.1, -0.05) is 11.6 Å². The molecule has 25 heavy (non-hydrogen) atoms. The van der Waals surface area contributed by atoms with Crippen LogP contribution in [0.15, 0.2) is 12.4 Å². The molecule has 0 aliphatic carbocycles. The Balaban J connectivity index is 1.67. The monoisotopic (exact) mass is 382 g/mol. The molecule has 0 aromatic carbocycles. The number of aromatic nitrogens is 2. The molecule has 2 N–H and O–H groups in total. The van der Waals surface area contributed by atoms with Crippen LogP contribution in [-0.2, 0) is 16.1 Å². The predicted octanol–water partition coefficient (Wildman–Crippen LogP) is 2.96. The van der Waals surface area contributed by atoms with Crippen LogP contribution < -0.4 is 5.73 Å². The molecule has 0 saturated carbocycles. The van der Waals surface area contributed by atoms with Gasteiger partial charge in [-0.05, 0) is 32.8 Å². The normalized spacial score (nSPS) is 18.1. The third kappa shape index (κ3) is 4.01. The lowest BCUT2D eigenvalue weighted by molar-refractivity contribution is -0.133. The number of carbonyl (C=O) groups is 2. The van der Waals surface area contributed by atoms with E-state index in [1.54, 1.807) is 13.8 Å². The lowest BCUT2D eigenvalue weighted by atomic mass is 9.92. The smallest absolute Gasteiger partial charge is 0.405 e. The Labute approximate surface area is 154 Å². The highest BCUT2D eigenvalue weighted by Gasteiger charge is 2.37.